The fraction of sp³-hybridized carbons (Fsp3) is 0.538. The minimum atomic E-state index is -0.655. The molecule has 1 saturated carbocycles. The van der Waals surface area contributed by atoms with Gasteiger partial charge in [0.1, 0.15) is 5.82 Å². The van der Waals surface area contributed by atoms with Crippen molar-refractivity contribution in [1.82, 2.24) is 4.98 Å². The molecular formula is C13H17BrN2O2. The third-order valence-corrected chi connectivity index (χ3v) is 4.14. The molecule has 1 aromatic heterocycles. The zero-order valence-electron chi connectivity index (χ0n) is 10.3. The van der Waals surface area contributed by atoms with Crippen LogP contribution in [0.3, 0.4) is 0 Å². The van der Waals surface area contributed by atoms with E-state index in [4.69, 9.17) is 5.11 Å². The smallest absolute Gasteiger partial charge is 0.306 e. The largest absolute Gasteiger partial charge is 0.481 e. The molecule has 0 bridgehead atoms. The van der Waals surface area contributed by atoms with Crippen LogP contribution in [0.5, 0.6) is 0 Å². The molecule has 1 aliphatic rings. The topological polar surface area (TPSA) is 53.4 Å². The summed E-state index contributed by atoms with van der Waals surface area (Å²) >= 11 is 3.37. The summed E-state index contributed by atoms with van der Waals surface area (Å²) in [6.45, 7) is 0. The van der Waals surface area contributed by atoms with Gasteiger partial charge in [0.25, 0.3) is 0 Å². The van der Waals surface area contributed by atoms with Gasteiger partial charge in [-0.2, -0.15) is 0 Å². The molecule has 0 aromatic carbocycles. The third kappa shape index (κ3) is 3.02. The summed E-state index contributed by atoms with van der Waals surface area (Å²) in [5.74, 6) is 0.127. The van der Waals surface area contributed by atoms with Crippen LogP contribution in [0.2, 0.25) is 0 Å². The Bertz CT molecular complexity index is 414. The van der Waals surface area contributed by atoms with Gasteiger partial charge in [0.05, 0.1) is 5.92 Å². The molecule has 1 N–H and O–H groups in total. The molecule has 4 nitrogen and oxygen atoms in total. The number of hydrogen-bond acceptors (Lipinski definition) is 3. The van der Waals surface area contributed by atoms with Crippen molar-refractivity contribution in [2.24, 2.45) is 5.92 Å². The fourth-order valence-corrected chi connectivity index (χ4v) is 2.71. The van der Waals surface area contributed by atoms with Crippen LogP contribution in [-0.2, 0) is 4.79 Å². The second-order valence-electron chi connectivity index (χ2n) is 4.79. The van der Waals surface area contributed by atoms with E-state index in [1.807, 2.05) is 19.2 Å². The van der Waals surface area contributed by atoms with Crippen LogP contribution < -0.4 is 4.90 Å². The van der Waals surface area contributed by atoms with E-state index in [1.54, 1.807) is 6.20 Å². The van der Waals surface area contributed by atoms with Gasteiger partial charge in [-0.3, -0.25) is 4.79 Å². The SMILES string of the molecule is CN(c1ccc(Br)cn1)C1CCC(C(=O)O)CC1. The van der Waals surface area contributed by atoms with Crippen molar-refractivity contribution in [2.45, 2.75) is 31.7 Å². The number of carbonyl (C=O) groups is 1. The predicted molar refractivity (Wildman–Crippen MR) is 73.7 cm³/mol. The van der Waals surface area contributed by atoms with Gasteiger partial charge in [-0.1, -0.05) is 0 Å². The Kier molecular flexibility index (Phi) is 4.22. The highest BCUT2D eigenvalue weighted by Crippen LogP contribution is 2.29. The molecular weight excluding hydrogens is 296 g/mol. The summed E-state index contributed by atoms with van der Waals surface area (Å²) in [6, 6.07) is 4.35. The van der Waals surface area contributed by atoms with Gasteiger partial charge in [0.15, 0.2) is 0 Å². The maximum Gasteiger partial charge on any atom is 0.306 e. The lowest BCUT2D eigenvalue weighted by atomic mass is 9.85. The molecule has 1 heterocycles. The van der Waals surface area contributed by atoms with Crippen LogP contribution in [0, 0.1) is 5.92 Å². The fourth-order valence-electron chi connectivity index (χ4n) is 2.47. The quantitative estimate of drug-likeness (QED) is 0.932. The summed E-state index contributed by atoms with van der Waals surface area (Å²) < 4.78 is 0.967. The van der Waals surface area contributed by atoms with Crippen molar-refractivity contribution in [3.63, 3.8) is 0 Å². The first kappa shape index (κ1) is 13.3. The number of anilines is 1. The van der Waals surface area contributed by atoms with Crippen molar-refractivity contribution >= 4 is 27.7 Å². The lowest BCUT2D eigenvalue weighted by Gasteiger charge is -2.34. The van der Waals surface area contributed by atoms with Crippen molar-refractivity contribution in [3.8, 4) is 0 Å². The monoisotopic (exact) mass is 312 g/mol. The average Bonchev–Trinajstić information content (AvgIpc) is 2.39. The maximum atomic E-state index is 10.9. The molecule has 0 saturated heterocycles. The molecule has 0 radical (unpaired) electrons. The Hall–Kier alpha value is -1.10. The van der Waals surface area contributed by atoms with E-state index in [9.17, 15) is 4.79 Å². The van der Waals surface area contributed by atoms with Crippen molar-refractivity contribution in [2.75, 3.05) is 11.9 Å². The number of aromatic nitrogens is 1. The molecule has 2 rings (SSSR count). The molecule has 0 spiro atoms. The van der Waals surface area contributed by atoms with E-state index in [2.05, 4.69) is 25.8 Å². The van der Waals surface area contributed by atoms with Crippen molar-refractivity contribution < 1.29 is 9.90 Å². The Labute approximate surface area is 115 Å². The van der Waals surface area contributed by atoms with Crippen LogP contribution in [0.1, 0.15) is 25.7 Å². The number of rotatable bonds is 3. The van der Waals surface area contributed by atoms with Gasteiger partial charge in [0, 0.05) is 23.8 Å². The Morgan fingerprint density at radius 2 is 2.06 bits per heavy atom. The molecule has 0 amide bonds. The van der Waals surface area contributed by atoms with E-state index < -0.39 is 5.97 Å². The second kappa shape index (κ2) is 5.69. The minimum absolute atomic E-state index is 0.160. The number of pyridine rings is 1. The van der Waals surface area contributed by atoms with E-state index in [0.29, 0.717) is 6.04 Å². The Morgan fingerprint density at radius 1 is 1.39 bits per heavy atom. The van der Waals surface area contributed by atoms with Crippen LogP contribution in [0.25, 0.3) is 0 Å². The number of nitrogens with zero attached hydrogens (tertiary/aromatic N) is 2. The molecule has 0 aliphatic heterocycles. The van der Waals surface area contributed by atoms with E-state index in [-0.39, 0.29) is 5.92 Å². The second-order valence-corrected chi connectivity index (χ2v) is 5.70. The average molecular weight is 313 g/mol. The van der Waals surface area contributed by atoms with Crippen LogP contribution in [0.15, 0.2) is 22.8 Å². The minimum Gasteiger partial charge on any atom is -0.481 e. The summed E-state index contributed by atoms with van der Waals surface area (Å²) in [7, 11) is 2.03. The lowest BCUT2D eigenvalue weighted by Crippen LogP contribution is -2.37. The van der Waals surface area contributed by atoms with Crippen LogP contribution in [-0.4, -0.2) is 29.1 Å². The number of halogens is 1. The van der Waals surface area contributed by atoms with Crippen molar-refractivity contribution in [3.05, 3.63) is 22.8 Å². The molecule has 1 aromatic rings. The highest BCUT2D eigenvalue weighted by atomic mass is 79.9. The van der Waals surface area contributed by atoms with Gasteiger partial charge in [-0.25, -0.2) is 4.98 Å². The van der Waals surface area contributed by atoms with Gasteiger partial charge in [-0.05, 0) is 53.7 Å². The zero-order chi connectivity index (χ0) is 13.1. The first-order valence-electron chi connectivity index (χ1n) is 6.15. The first-order chi connectivity index (χ1) is 8.58. The highest BCUT2D eigenvalue weighted by molar-refractivity contribution is 9.10. The number of carboxylic acid groups (broad SMARTS) is 1. The van der Waals surface area contributed by atoms with Crippen LogP contribution >= 0.6 is 15.9 Å². The predicted octanol–water partition coefficient (Wildman–Crippen LogP) is 2.92. The Morgan fingerprint density at radius 3 is 2.56 bits per heavy atom. The molecule has 1 aliphatic carbocycles. The zero-order valence-corrected chi connectivity index (χ0v) is 11.9. The number of hydrogen-bond donors (Lipinski definition) is 1. The van der Waals surface area contributed by atoms with E-state index >= 15 is 0 Å². The van der Waals surface area contributed by atoms with Gasteiger partial charge < -0.3 is 10.0 Å². The third-order valence-electron chi connectivity index (χ3n) is 3.67. The molecule has 0 unspecified atom stereocenters. The normalized spacial score (nSPS) is 23.7. The molecule has 18 heavy (non-hydrogen) atoms. The summed E-state index contributed by atoms with van der Waals surface area (Å²) in [4.78, 5) is 17.4. The van der Waals surface area contributed by atoms with Crippen LogP contribution in [0.4, 0.5) is 5.82 Å². The van der Waals surface area contributed by atoms with E-state index in [0.717, 1.165) is 36.0 Å². The summed E-state index contributed by atoms with van der Waals surface area (Å²) in [5.41, 5.74) is 0. The molecule has 1 fully saturated rings. The maximum absolute atomic E-state index is 10.9. The molecule has 5 heteroatoms. The van der Waals surface area contributed by atoms with Gasteiger partial charge in [0.2, 0.25) is 0 Å². The standard InChI is InChI=1S/C13H17BrN2O2/c1-16(12-7-4-10(14)8-15-12)11-5-2-9(3-6-11)13(17)18/h4,7-9,11H,2-3,5-6H2,1H3,(H,17,18). The summed E-state index contributed by atoms with van der Waals surface area (Å²) in [6.07, 6.45) is 5.16. The van der Waals surface area contributed by atoms with Gasteiger partial charge in [-0.15, -0.1) is 0 Å². The first-order valence-corrected chi connectivity index (χ1v) is 6.94. The highest BCUT2D eigenvalue weighted by Gasteiger charge is 2.28. The summed E-state index contributed by atoms with van der Waals surface area (Å²) in [5, 5.41) is 8.98. The number of aliphatic carboxylic acids is 1. The Balaban J connectivity index is 1.97. The number of carboxylic acids is 1. The van der Waals surface area contributed by atoms with Crippen molar-refractivity contribution in [1.29, 1.82) is 0 Å². The van der Waals surface area contributed by atoms with E-state index in [1.165, 1.54) is 0 Å². The molecule has 0 atom stereocenters. The molecule has 98 valence electrons. The van der Waals surface area contributed by atoms with Gasteiger partial charge >= 0.3 is 5.97 Å². The lowest BCUT2D eigenvalue weighted by molar-refractivity contribution is -0.142.